The third-order valence-corrected chi connectivity index (χ3v) is 0.695. The summed E-state index contributed by atoms with van der Waals surface area (Å²) in [6.07, 6.45) is 0. The minimum atomic E-state index is -1.28. The summed E-state index contributed by atoms with van der Waals surface area (Å²) in [4.78, 5) is 10.3. The number of hydrogen-bond donors (Lipinski definition) is 0. The molecule has 1 radical (unpaired) electrons. The van der Waals surface area contributed by atoms with Crippen molar-refractivity contribution in [1.82, 2.24) is 0 Å². The third-order valence-electron chi connectivity index (χ3n) is 0.695. The summed E-state index contributed by atoms with van der Waals surface area (Å²) in [6.45, 7) is 0. The standard InChI is InChI=1S/C5H4N2O2.K/c1-9-5(8)4(2-6)3-7;/h4H,1H3;. The van der Waals surface area contributed by atoms with E-state index < -0.39 is 11.9 Å². The first-order valence-electron chi connectivity index (χ1n) is 2.13. The summed E-state index contributed by atoms with van der Waals surface area (Å²) < 4.78 is 4.11. The summed E-state index contributed by atoms with van der Waals surface area (Å²) in [5, 5.41) is 16.1. The molecule has 0 aromatic carbocycles. The molecule has 0 aromatic rings. The Balaban J connectivity index is 0. The van der Waals surface area contributed by atoms with Crippen molar-refractivity contribution in [3.8, 4) is 12.1 Å². The molecule has 0 aliphatic carbocycles. The van der Waals surface area contributed by atoms with E-state index in [9.17, 15) is 4.79 Å². The molecule has 0 bridgehead atoms. The van der Waals surface area contributed by atoms with Gasteiger partial charge in [-0.15, -0.1) is 0 Å². The van der Waals surface area contributed by atoms with Crippen molar-refractivity contribution in [2.45, 2.75) is 0 Å². The van der Waals surface area contributed by atoms with Gasteiger partial charge in [-0.3, -0.25) is 0 Å². The minimum Gasteiger partial charge on any atom is -0.467 e. The Morgan fingerprint density at radius 3 is 2.00 bits per heavy atom. The molecule has 0 atom stereocenters. The van der Waals surface area contributed by atoms with Gasteiger partial charge >= 0.3 is 5.97 Å². The number of carbonyl (C=O) groups excluding carboxylic acids is 1. The van der Waals surface area contributed by atoms with Gasteiger partial charge < -0.3 is 4.74 Å². The average Bonchev–Trinajstić information content (AvgIpc) is 1.90. The topological polar surface area (TPSA) is 73.9 Å². The summed E-state index contributed by atoms with van der Waals surface area (Å²) in [6, 6.07) is 2.93. The van der Waals surface area contributed by atoms with Gasteiger partial charge in [0.1, 0.15) is 0 Å². The molecule has 4 nitrogen and oxygen atoms in total. The Morgan fingerprint density at radius 2 is 1.90 bits per heavy atom. The van der Waals surface area contributed by atoms with Crippen LogP contribution >= 0.6 is 0 Å². The third kappa shape index (κ3) is 3.99. The Hall–Kier alpha value is 0.0864. The molecule has 0 spiro atoms. The second-order valence-corrected chi connectivity index (χ2v) is 1.21. The quantitative estimate of drug-likeness (QED) is 0.383. The summed E-state index contributed by atoms with van der Waals surface area (Å²) in [5.74, 6) is -2.09. The van der Waals surface area contributed by atoms with Crippen molar-refractivity contribution in [3.05, 3.63) is 0 Å². The van der Waals surface area contributed by atoms with Crippen LogP contribution < -0.4 is 0 Å². The van der Waals surface area contributed by atoms with Crippen LogP contribution in [0.3, 0.4) is 0 Å². The van der Waals surface area contributed by atoms with E-state index in [1.54, 1.807) is 0 Å². The molecule has 0 aliphatic heterocycles. The number of ether oxygens (including phenoxy) is 1. The Bertz CT molecular complexity index is 177. The Morgan fingerprint density at radius 1 is 1.50 bits per heavy atom. The Kier molecular flexibility index (Phi) is 9.16. The largest absolute Gasteiger partial charge is 0.467 e. The minimum absolute atomic E-state index is 0. The van der Waals surface area contributed by atoms with E-state index in [-0.39, 0.29) is 51.4 Å². The zero-order valence-electron chi connectivity index (χ0n) is 5.79. The maximum Gasteiger partial charge on any atom is 0.337 e. The van der Waals surface area contributed by atoms with Crippen LogP contribution in [0.5, 0.6) is 0 Å². The molecule has 0 aromatic heterocycles. The molecule has 0 heterocycles. The molecule has 5 heteroatoms. The van der Waals surface area contributed by atoms with Crippen molar-refractivity contribution in [2.24, 2.45) is 5.92 Å². The van der Waals surface area contributed by atoms with E-state index in [4.69, 9.17) is 10.5 Å². The summed E-state index contributed by atoms with van der Waals surface area (Å²) >= 11 is 0. The van der Waals surface area contributed by atoms with Crippen LogP contribution in [-0.4, -0.2) is 64.5 Å². The molecular weight excluding hydrogens is 159 g/mol. The second kappa shape index (κ2) is 7.20. The maximum absolute atomic E-state index is 10.3. The van der Waals surface area contributed by atoms with Crippen LogP contribution in [0, 0.1) is 28.6 Å². The van der Waals surface area contributed by atoms with E-state index in [0.29, 0.717) is 0 Å². The molecule has 0 unspecified atom stereocenters. The average molecular weight is 163 g/mol. The van der Waals surface area contributed by atoms with Crippen molar-refractivity contribution in [3.63, 3.8) is 0 Å². The van der Waals surface area contributed by atoms with E-state index in [0.717, 1.165) is 7.11 Å². The van der Waals surface area contributed by atoms with Crippen LogP contribution in [0.15, 0.2) is 0 Å². The van der Waals surface area contributed by atoms with Gasteiger partial charge in [-0.1, -0.05) is 0 Å². The van der Waals surface area contributed by atoms with E-state index in [2.05, 4.69) is 4.74 Å². The predicted molar refractivity (Wildman–Crippen MR) is 32.5 cm³/mol. The van der Waals surface area contributed by atoms with Crippen LogP contribution in [0.1, 0.15) is 0 Å². The Labute approximate surface area is 101 Å². The molecular formula is C5H4KN2O2. The normalized spacial score (nSPS) is 6.80. The molecule has 47 valence electrons. The molecule has 0 amide bonds. The number of nitrogens with zero attached hydrogens (tertiary/aromatic N) is 2. The van der Waals surface area contributed by atoms with E-state index >= 15 is 0 Å². The maximum atomic E-state index is 10.3. The number of esters is 1. The van der Waals surface area contributed by atoms with Crippen LogP contribution in [0.4, 0.5) is 0 Å². The van der Waals surface area contributed by atoms with Gasteiger partial charge in [-0.05, 0) is 0 Å². The fourth-order valence-electron chi connectivity index (χ4n) is 0.252. The van der Waals surface area contributed by atoms with Gasteiger partial charge in [-0.2, -0.15) is 10.5 Å². The van der Waals surface area contributed by atoms with Gasteiger partial charge in [0, 0.05) is 51.4 Å². The fraction of sp³-hybridized carbons (Fsp3) is 0.400. The molecule has 0 aliphatic rings. The summed E-state index contributed by atoms with van der Waals surface area (Å²) in [7, 11) is 1.13. The van der Waals surface area contributed by atoms with Crippen molar-refractivity contribution < 1.29 is 9.53 Å². The monoisotopic (exact) mass is 163 g/mol. The second-order valence-electron chi connectivity index (χ2n) is 1.21. The van der Waals surface area contributed by atoms with E-state index in [1.807, 2.05) is 0 Å². The molecule has 10 heavy (non-hydrogen) atoms. The number of rotatable bonds is 1. The zero-order valence-corrected chi connectivity index (χ0v) is 8.91. The van der Waals surface area contributed by atoms with E-state index in [1.165, 1.54) is 12.1 Å². The SMILES string of the molecule is COC(=O)C(C#N)C#N.[K]. The fourth-order valence-corrected chi connectivity index (χ4v) is 0.252. The van der Waals surface area contributed by atoms with Crippen molar-refractivity contribution in [1.29, 1.82) is 10.5 Å². The predicted octanol–water partition coefficient (Wildman–Crippen LogP) is -0.558. The summed E-state index contributed by atoms with van der Waals surface area (Å²) in [5.41, 5.74) is 0. The number of methoxy groups -OCH3 is 1. The van der Waals surface area contributed by atoms with Crippen LogP contribution in [0.2, 0.25) is 0 Å². The number of hydrogen-bond acceptors (Lipinski definition) is 4. The molecule has 0 saturated heterocycles. The van der Waals surface area contributed by atoms with Crippen molar-refractivity contribution in [2.75, 3.05) is 7.11 Å². The van der Waals surface area contributed by atoms with Gasteiger partial charge in [0.25, 0.3) is 0 Å². The zero-order chi connectivity index (χ0) is 7.28. The first kappa shape index (κ1) is 12.7. The number of carbonyl (C=O) groups is 1. The molecule has 0 fully saturated rings. The molecule has 0 saturated carbocycles. The smallest absolute Gasteiger partial charge is 0.337 e. The van der Waals surface area contributed by atoms with Gasteiger partial charge in [0.15, 0.2) is 0 Å². The van der Waals surface area contributed by atoms with Crippen LogP contribution in [0.25, 0.3) is 0 Å². The first-order chi connectivity index (χ1) is 4.26. The van der Waals surface area contributed by atoms with Crippen LogP contribution in [-0.2, 0) is 9.53 Å². The molecule has 0 rings (SSSR count). The van der Waals surface area contributed by atoms with Crippen molar-refractivity contribution >= 4 is 57.4 Å². The van der Waals surface area contributed by atoms with Gasteiger partial charge in [0.05, 0.1) is 19.2 Å². The van der Waals surface area contributed by atoms with Gasteiger partial charge in [0.2, 0.25) is 5.92 Å². The first-order valence-corrected chi connectivity index (χ1v) is 2.13. The molecule has 0 N–H and O–H groups in total. The number of nitriles is 2. The van der Waals surface area contributed by atoms with Gasteiger partial charge in [-0.25, -0.2) is 4.79 Å².